The highest BCUT2D eigenvalue weighted by molar-refractivity contribution is 5.75. The van der Waals surface area contributed by atoms with Gasteiger partial charge in [0.05, 0.1) is 0 Å². The Labute approximate surface area is 77.3 Å². The second kappa shape index (κ2) is 6.42. The van der Waals surface area contributed by atoms with Crippen LogP contribution in [0.4, 0.5) is 0 Å². The van der Waals surface area contributed by atoms with Crippen LogP contribution < -0.4 is 0 Å². The van der Waals surface area contributed by atoms with E-state index in [1.807, 2.05) is 0 Å². The van der Waals surface area contributed by atoms with Gasteiger partial charge in [-0.25, -0.2) is 4.79 Å². The highest BCUT2D eigenvalue weighted by atomic mass is 16.5. The summed E-state index contributed by atoms with van der Waals surface area (Å²) in [4.78, 5) is 22.2. The minimum absolute atomic E-state index is 0.408. The Balaban J connectivity index is 3.87. The van der Waals surface area contributed by atoms with Crippen molar-refractivity contribution in [1.29, 1.82) is 0 Å². The zero-order valence-electron chi connectivity index (χ0n) is 7.90. The van der Waals surface area contributed by atoms with Crippen LogP contribution in [0.15, 0.2) is 0 Å². The van der Waals surface area contributed by atoms with Crippen molar-refractivity contribution >= 4 is 12.4 Å². The van der Waals surface area contributed by atoms with Gasteiger partial charge in [0.1, 0.15) is 6.04 Å². The maximum absolute atomic E-state index is 10.5. The summed E-state index contributed by atoms with van der Waals surface area (Å²) >= 11 is 0. The van der Waals surface area contributed by atoms with E-state index in [0.717, 1.165) is 0 Å². The van der Waals surface area contributed by atoms with Crippen molar-refractivity contribution in [2.24, 2.45) is 0 Å². The molecule has 0 aliphatic rings. The number of nitrogens with zero attached hydrogens (tertiary/aromatic N) is 1. The molecule has 0 radical (unpaired) electrons. The summed E-state index contributed by atoms with van der Waals surface area (Å²) in [5.41, 5.74) is 0. The molecule has 1 amide bonds. The topological polar surface area (TPSA) is 66.8 Å². The summed E-state index contributed by atoms with van der Waals surface area (Å²) in [6, 6.07) is -0.769. The minimum atomic E-state index is -0.996. The highest BCUT2D eigenvalue weighted by Gasteiger charge is 2.17. The van der Waals surface area contributed by atoms with Gasteiger partial charge in [-0.3, -0.25) is 4.79 Å². The van der Waals surface area contributed by atoms with Gasteiger partial charge in [0.25, 0.3) is 0 Å². The molecule has 1 unspecified atom stereocenters. The SMILES string of the molecule is COCCCN(C=O)C(C)C(=O)O. The smallest absolute Gasteiger partial charge is 0.326 e. The van der Waals surface area contributed by atoms with Gasteiger partial charge in [0, 0.05) is 20.3 Å². The molecule has 0 saturated carbocycles. The maximum atomic E-state index is 10.5. The van der Waals surface area contributed by atoms with Crippen molar-refractivity contribution in [3.63, 3.8) is 0 Å². The van der Waals surface area contributed by atoms with Gasteiger partial charge >= 0.3 is 5.97 Å². The van der Waals surface area contributed by atoms with Crippen LogP contribution in [-0.4, -0.2) is 48.7 Å². The number of hydrogen-bond donors (Lipinski definition) is 1. The molecule has 0 aromatic heterocycles. The zero-order chi connectivity index (χ0) is 10.3. The maximum Gasteiger partial charge on any atom is 0.326 e. The summed E-state index contributed by atoms with van der Waals surface area (Å²) < 4.78 is 4.79. The Morgan fingerprint density at radius 1 is 1.69 bits per heavy atom. The van der Waals surface area contributed by atoms with Crippen molar-refractivity contribution in [2.45, 2.75) is 19.4 Å². The molecule has 0 fully saturated rings. The van der Waals surface area contributed by atoms with Crippen LogP contribution in [0.2, 0.25) is 0 Å². The molecule has 0 saturated heterocycles. The van der Waals surface area contributed by atoms with E-state index >= 15 is 0 Å². The number of aliphatic carboxylic acids is 1. The molecule has 5 nitrogen and oxygen atoms in total. The van der Waals surface area contributed by atoms with E-state index in [2.05, 4.69) is 0 Å². The predicted molar refractivity (Wildman–Crippen MR) is 46.4 cm³/mol. The van der Waals surface area contributed by atoms with Crippen molar-refractivity contribution in [3.05, 3.63) is 0 Å². The number of carbonyl (C=O) groups excluding carboxylic acids is 1. The van der Waals surface area contributed by atoms with E-state index in [9.17, 15) is 9.59 Å². The van der Waals surface area contributed by atoms with Crippen LogP contribution in [0.25, 0.3) is 0 Å². The van der Waals surface area contributed by atoms with E-state index in [-0.39, 0.29) is 0 Å². The van der Waals surface area contributed by atoms with E-state index in [1.54, 1.807) is 7.11 Å². The molecule has 1 atom stereocenters. The normalized spacial score (nSPS) is 12.2. The number of carboxylic acid groups (broad SMARTS) is 1. The largest absolute Gasteiger partial charge is 0.480 e. The molecular formula is C8H15NO4. The quantitative estimate of drug-likeness (QED) is 0.450. The fraction of sp³-hybridized carbons (Fsp3) is 0.750. The average Bonchev–Trinajstić information content (AvgIpc) is 2.11. The summed E-state index contributed by atoms with van der Waals surface area (Å²) in [7, 11) is 1.56. The number of rotatable bonds is 7. The number of methoxy groups -OCH3 is 1. The zero-order valence-corrected chi connectivity index (χ0v) is 7.90. The molecule has 0 aromatic rings. The van der Waals surface area contributed by atoms with Gasteiger partial charge in [-0.15, -0.1) is 0 Å². The molecule has 76 valence electrons. The summed E-state index contributed by atoms with van der Waals surface area (Å²) in [5.74, 6) is -0.996. The van der Waals surface area contributed by atoms with E-state index in [1.165, 1.54) is 11.8 Å². The molecular weight excluding hydrogens is 174 g/mol. The monoisotopic (exact) mass is 189 g/mol. The Kier molecular flexibility index (Phi) is 5.88. The third kappa shape index (κ3) is 4.47. The standard InChI is InChI=1S/C8H15NO4/c1-7(8(11)12)9(6-10)4-3-5-13-2/h6-7H,3-5H2,1-2H3,(H,11,12). The number of amides is 1. The second-order valence-corrected chi connectivity index (χ2v) is 2.70. The lowest BCUT2D eigenvalue weighted by Crippen LogP contribution is -2.38. The Morgan fingerprint density at radius 2 is 2.31 bits per heavy atom. The van der Waals surface area contributed by atoms with Crippen LogP contribution in [0, 0.1) is 0 Å². The highest BCUT2D eigenvalue weighted by Crippen LogP contribution is 1.97. The third-order valence-electron chi connectivity index (χ3n) is 1.76. The van der Waals surface area contributed by atoms with Crippen molar-refractivity contribution in [1.82, 2.24) is 4.90 Å². The van der Waals surface area contributed by atoms with Gasteiger partial charge in [-0.05, 0) is 13.3 Å². The Bertz CT molecular complexity index is 172. The molecule has 13 heavy (non-hydrogen) atoms. The first-order chi connectivity index (χ1) is 6.13. The first kappa shape index (κ1) is 11.9. The molecule has 0 spiro atoms. The third-order valence-corrected chi connectivity index (χ3v) is 1.76. The van der Waals surface area contributed by atoms with Gasteiger partial charge in [-0.2, -0.15) is 0 Å². The van der Waals surface area contributed by atoms with Crippen molar-refractivity contribution in [3.8, 4) is 0 Å². The van der Waals surface area contributed by atoms with Crippen LogP contribution in [0.3, 0.4) is 0 Å². The van der Waals surface area contributed by atoms with Crippen LogP contribution >= 0.6 is 0 Å². The second-order valence-electron chi connectivity index (χ2n) is 2.70. The molecule has 0 rings (SSSR count). The first-order valence-corrected chi connectivity index (χ1v) is 4.06. The molecule has 0 heterocycles. The molecule has 0 aliphatic carbocycles. The van der Waals surface area contributed by atoms with Crippen LogP contribution in [0.1, 0.15) is 13.3 Å². The first-order valence-electron chi connectivity index (χ1n) is 4.06. The van der Waals surface area contributed by atoms with Gasteiger partial charge in [-0.1, -0.05) is 0 Å². The fourth-order valence-electron chi connectivity index (χ4n) is 0.871. The summed E-state index contributed by atoms with van der Waals surface area (Å²) in [6.45, 7) is 2.41. The van der Waals surface area contributed by atoms with E-state index in [0.29, 0.717) is 26.0 Å². The van der Waals surface area contributed by atoms with E-state index in [4.69, 9.17) is 9.84 Å². The number of ether oxygens (including phenoxy) is 1. The molecule has 1 N–H and O–H groups in total. The molecule has 0 aliphatic heterocycles. The Morgan fingerprint density at radius 3 is 2.69 bits per heavy atom. The van der Waals surface area contributed by atoms with Crippen molar-refractivity contribution in [2.75, 3.05) is 20.3 Å². The lowest BCUT2D eigenvalue weighted by Gasteiger charge is -2.21. The lowest BCUT2D eigenvalue weighted by molar-refractivity contribution is -0.145. The summed E-state index contributed by atoms with van der Waals surface area (Å²) in [5, 5.41) is 8.61. The number of carbonyl (C=O) groups is 2. The van der Waals surface area contributed by atoms with Gasteiger partial charge in [0.15, 0.2) is 0 Å². The van der Waals surface area contributed by atoms with Gasteiger partial charge < -0.3 is 14.7 Å². The van der Waals surface area contributed by atoms with E-state index < -0.39 is 12.0 Å². The van der Waals surface area contributed by atoms with Gasteiger partial charge in [0.2, 0.25) is 6.41 Å². The molecule has 0 aromatic carbocycles. The van der Waals surface area contributed by atoms with Crippen molar-refractivity contribution < 1.29 is 19.4 Å². The van der Waals surface area contributed by atoms with Crippen LogP contribution in [-0.2, 0) is 14.3 Å². The summed E-state index contributed by atoms with van der Waals surface area (Å²) in [6.07, 6.45) is 1.20. The number of carboxylic acids is 1. The predicted octanol–water partition coefficient (Wildman–Crippen LogP) is -0.0456. The molecule has 5 heteroatoms. The average molecular weight is 189 g/mol. The fourth-order valence-corrected chi connectivity index (χ4v) is 0.871. The lowest BCUT2D eigenvalue weighted by atomic mass is 10.3. The minimum Gasteiger partial charge on any atom is -0.480 e. The molecule has 0 bridgehead atoms. The Hall–Kier alpha value is -1.10. The number of hydrogen-bond acceptors (Lipinski definition) is 3. The van der Waals surface area contributed by atoms with Crippen LogP contribution in [0.5, 0.6) is 0 Å².